The van der Waals surface area contributed by atoms with Crippen molar-refractivity contribution in [3.63, 3.8) is 0 Å². The molecule has 3 nitrogen and oxygen atoms in total. The summed E-state index contributed by atoms with van der Waals surface area (Å²) in [7, 11) is 2.11. The quantitative estimate of drug-likeness (QED) is 0.903. The molecule has 0 radical (unpaired) electrons. The Morgan fingerprint density at radius 3 is 2.76 bits per heavy atom. The molecule has 2 aromatic rings. The van der Waals surface area contributed by atoms with Gasteiger partial charge in [0.05, 0.1) is 6.04 Å². The monoisotopic (exact) mass is 249 g/mol. The van der Waals surface area contributed by atoms with E-state index in [1.807, 2.05) is 11.6 Å². The van der Waals surface area contributed by atoms with Crippen molar-refractivity contribution in [2.24, 2.45) is 7.05 Å². The van der Waals surface area contributed by atoms with Gasteiger partial charge in [0, 0.05) is 36.6 Å². The predicted octanol–water partition coefficient (Wildman–Crippen LogP) is 2.95. The van der Waals surface area contributed by atoms with Gasteiger partial charge in [0.1, 0.15) is 5.01 Å². The maximum absolute atomic E-state index is 4.32. The van der Waals surface area contributed by atoms with Crippen molar-refractivity contribution >= 4 is 11.3 Å². The fourth-order valence-electron chi connectivity index (χ4n) is 1.91. The first-order valence-electron chi connectivity index (χ1n) is 5.84. The lowest BCUT2D eigenvalue weighted by molar-refractivity contribution is 0.570. The van der Waals surface area contributed by atoms with E-state index in [1.165, 1.54) is 17.0 Å². The molecule has 0 aliphatic heterocycles. The Hall–Kier alpha value is -1.13. The normalized spacial score (nSPS) is 12.9. The van der Waals surface area contributed by atoms with E-state index < -0.39 is 0 Å². The minimum atomic E-state index is 0.315. The van der Waals surface area contributed by atoms with Crippen molar-refractivity contribution in [2.45, 2.75) is 33.4 Å². The highest BCUT2D eigenvalue weighted by molar-refractivity contribution is 7.09. The van der Waals surface area contributed by atoms with Crippen molar-refractivity contribution in [1.82, 2.24) is 14.9 Å². The van der Waals surface area contributed by atoms with Crippen molar-refractivity contribution in [2.75, 3.05) is 0 Å². The summed E-state index contributed by atoms with van der Waals surface area (Å²) in [5.41, 5.74) is 4.01. The van der Waals surface area contributed by atoms with Gasteiger partial charge in [-0.25, -0.2) is 4.98 Å². The first-order valence-corrected chi connectivity index (χ1v) is 6.72. The molecule has 0 spiro atoms. The van der Waals surface area contributed by atoms with Gasteiger partial charge in [0.15, 0.2) is 0 Å². The van der Waals surface area contributed by atoms with E-state index in [-0.39, 0.29) is 0 Å². The smallest absolute Gasteiger partial charge is 0.109 e. The number of thiazole rings is 1. The molecule has 4 heteroatoms. The summed E-state index contributed by atoms with van der Waals surface area (Å²) in [6.07, 6.45) is 1.86. The molecule has 1 unspecified atom stereocenters. The van der Waals surface area contributed by atoms with Crippen LogP contribution in [0.25, 0.3) is 0 Å². The van der Waals surface area contributed by atoms with Crippen LogP contribution in [0.5, 0.6) is 0 Å². The van der Waals surface area contributed by atoms with Gasteiger partial charge in [0.2, 0.25) is 0 Å². The average molecular weight is 249 g/mol. The van der Waals surface area contributed by atoms with Gasteiger partial charge in [0.25, 0.3) is 0 Å². The topological polar surface area (TPSA) is 29.9 Å². The van der Waals surface area contributed by atoms with Gasteiger partial charge < -0.3 is 9.88 Å². The van der Waals surface area contributed by atoms with Crippen LogP contribution in [0.1, 0.15) is 34.9 Å². The van der Waals surface area contributed by atoms with Crippen LogP contribution in [0.4, 0.5) is 0 Å². The highest BCUT2D eigenvalue weighted by atomic mass is 32.1. The molecular formula is C13H19N3S. The van der Waals surface area contributed by atoms with E-state index >= 15 is 0 Å². The lowest BCUT2D eigenvalue weighted by Crippen LogP contribution is -2.18. The molecule has 0 saturated carbocycles. The van der Waals surface area contributed by atoms with Crippen molar-refractivity contribution < 1.29 is 0 Å². The van der Waals surface area contributed by atoms with E-state index in [2.05, 4.69) is 48.8 Å². The van der Waals surface area contributed by atoms with Crippen molar-refractivity contribution in [3.8, 4) is 0 Å². The number of nitrogens with one attached hydrogen (secondary N) is 1. The Labute approximate surface area is 107 Å². The fourth-order valence-corrected chi connectivity index (χ4v) is 2.58. The number of rotatable bonds is 4. The minimum absolute atomic E-state index is 0.315. The SMILES string of the molecule is Cc1cc(CNC(C)c2nccs2)c(C)n1C. The minimum Gasteiger partial charge on any atom is -0.352 e. The van der Waals surface area contributed by atoms with Crippen LogP contribution in [0, 0.1) is 13.8 Å². The van der Waals surface area contributed by atoms with Gasteiger partial charge in [-0.05, 0) is 32.4 Å². The molecule has 2 rings (SSSR count). The standard InChI is InChI=1S/C13H19N3S/c1-9-7-12(11(3)16(9)4)8-15-10(2)13-14-5-6-17-13/h5-7,10,15H,8H2,1-4H3. The maximum atomic E-state index is 4.32. The summed E-state index contributed by atoms with van der Waals surface area (Å²) >= 11 is 1.70. The van der Waals surface area contributed by atoms with Crippen LogP contribution in [0.3, 0.4) is 0 Å². The average Bonchev–Trinajstić information content (AvgIpc) is 2.91. The van der Waals surface area contributed by atoms with Crippen LogP contribution in [-0.4, -0.2) is 9.55 Å². The zero-order chi connectivity index (χ0) is 12.4. The molecule has 0 aliphatic rings. The van der Waals surface area contributed by atoms with Gasteiger partial charge in [-0.3, -0.25) is 0 Å². The fraction of sp³-hybridized carbons (Fsp3) is 0.462. The van der Waals surface area contributed by atoms with Gasteiger partial charge >= 0.3 is 0 Å². The third-order valence-electron chi connectivity index (χ3n) is 3.30. The van der Waals surface area contributed by atoms with Crippen LogP contribution < -0.4 is 5.32 Å². The largest absolute Gasteiger partial charge is 0.352 e. The van der Waals surface area contributed by atoms with Crippen molar-refractivity contribution in [1.29, 1.82) is 0 Å². The summed E-state index contributed by atoms with van der Waals surface area (Å²) in [5.74, 6) is 0. The Balaban J connectivity index is 2.00. The first kappa shape index (κ1) is 12.3. The number of hydrogen-bond acceptors (Lipinski definition) is 3. The highest BCUT2D eigenvalue weighted by Gasteiger charge is 2.10. The van der Waals surface area contributed by atoms with Gasteiger partial charge in [-0.2, -0.15) is 0 Å². The molecule has 0 amide bonds. The van der Waals surface area contributed by atoms with E-state index in [9.17, 15) is 0 Å². The van der Waals surface area contributed by atoms with E-state index in [0.717, 1.165) is 11.6 Å². The summed E-state index contributed by atoms with van der Waals surface area (Å²) < 4.78 is 2.23. The second-order valence-electron chi connectivity index (χ2n) is 4.43. The van der Waals surface area contributed by atoms with E-state index in [0.29, 0.717) is 6.04 Å². The Kier molecular flexibility index (Phi) is 3.64. The zero-order valence-electron chi connectivity index (χ0n) is 10.8. The van der Waals surface area contributed by atoms with Crippen LogP contribution >= 0.6 is 11.3 Å². The number of nitrogens with zero attached hydrogens (tertiary/aromatic N) is 2. The molecule has 0 aliphatic carbocycles. The van der Waals surface area contributed by atoms with Crippen LogP contribution in [0.2, 0.25) is 0 Å². The Bertz CT molecular complexity index is 485. The molecule has 0 bridgehead atoms. The third-order valence-corrected chi connectivity index (χ3v) is 4.26. The zero-order valence-corrected chi connectivity index (χ0v) is 11.6. The van der Waals surface area contributed by atoms with Gasteiger partial charge in [-0.15, -0.1) is 11.3 Å². The summed E-state index contributed by atoms with van der Waals surface area (Å²) in [6.45, 7) is 7.36. The summed E-state index contributed by atoms with van der Waals surface area (Å²) in [5, 5.41) is 6.68. The van der Waals surface area contributed by atoms with E-state index in [4.69, 9.17) is 0 Å². The Morgan fingerprint density at radius 1 is 1.47 bits per heavy atom. The second-order valence-corrected chi connectivity index (χ2v) is 5.35. The molecular weight excluding hydrogens is 230 g/mol. The van der Waals surface area contributed by atoms with Gasteiger partial charge in [-0.1, -0.05) is 0 Å². The molecule has 1 N–H and O–H groups in total. The molecule has 0 fully saturated rings. The lowest BCUT2D eigenvalue weighted by Gasteiger charge is -2.11. The predicted molar refractivity (Wildman–Crippen MR) is 72.3 cm³/mol. The number of hydrogen-bond donors (Lipinski definition) is 1. The lowest BCUT2D eigenvalue weighted by atomic mass is 10.2. The number of aromatic nitrogens is 2. The maximum Gasteiger partial charge on any atom is 0.109 e. The molecule has 2 aromatic heterocycles. The molecule has 1 atom stereocenters. The molecule has 92 valence electrons. The highest BCUT2D eigenvalue weighted by Crippen LogP contribution is 2.17. The summed E-state index contributed by atoms with van der Waals surface area (Å²) in [6, 6.07) is 2.56. The third kappa shape index (κ3) is 2.58. The molecule has 0 aromatic carbocycles. The van der Waals surface area contributed by atoms with Crippen LogP contribution in [0.15, 0.2) is 17.6 Å². The number of aryl methyl sites for hydroxylation is 1. The summed E-state index contributed by atoms with van der Waals surface area (Å²) in [4.78, 5) is 4.32. The first-order chi connectivity index (χ1) is 8.09. The molecule has 17 heavy (non-hydrogen) atoms. The second kappa shape index (κ2) is 5.02. The van der Waals surface area contributed by atoms with Crippen LogP contribution in [-0.2, 0) is 13.6 Å². The molecule has 2 heterocycles. The van der Waals surface area contributed by atoms with Crippen molar-refractivity contribution in [3.05, 3.63) is 39.6 Å². The van der Waals surface area contributed by atoms with E-state index in [1.54, 1.807) is 11.3 Å². The Morgan fingerprint density at radius 2 is 2.24 bits per heavy atom. The molecule has 0 saturated heterocycles.